The van der Waals surface area contributed by atoms with Gasteiger partial charge in [0, 0.05) is 32.1 Å². The van der Waals surface area contributed by atoms with Gasteiger partial charge in [-0.05, 0) is 56.3 Å². The fourth-order valence-electron chi connectivity index (χ4n) is 5.00. The zero-order chi connectivity index (χ0) is 20.8. The van der Waals surface area contributed by atoms with Crippen molar-refractivity contribution in [2.24, 2.45) is 17.8 Å². The van der Waals surface area contributed by atoms with Gasteiger partial charge in [0.05, 0.1) is 23.3 Å². The molecule has 5 rings (SSSR count). The molecule has 1 saturated heterocycles. The minimum atomic E-state index is -0.301. The van der Waals surface area contributed by atoms with Crippen LogP contribution >= 0.6 is 0 Å². The molecule has 3 atom stereocenters. The van der Waals surface area contributed by atoms with Crippen molar-refractivity contribution in [1.29, 1.82) is 0 Å². The first kappa shape index (κ1) is 19.2. The summed E-state index contributed by atoms with van der Waals surface area (Å²) in [6, 6.07) is 6.45. The Morgan fingerprint density at radius 2 is 2.27 bits per heavy atom. The largest absolute Gasteiger partial charge is 0.361 e. The number of likely N-dealkylation sites (tertiary alicyclic amines) is 1. The number of amides is 1. The van der Waals surface area contributed by atoms with Gasteiger partial charge in [-0.25, -0.2) is 9.37 Å². The number of aryl methyl sites for hydroxylation is 1. The predicted molar refractivity (Wildman–Crippen MR) is 109 cm³/mol. The fourth-order valence-corrected chi connectivity index (χ4v) is 5.00. The Labute approximate surface area is 174 Å². The van der Waals surface area contributed by atoms with Gasteiger partial charge in [0.25, 0.3) is 0 Å². The average molecular weight is 411 g/mol. The first-order valence-electron chi connectivity index (χ1n) is 10.5. The molecule has 1 aromatic carbocycles. The molecule has 1 aliphatic carbocycles. The summed E-state index contributed by atoms with van der Waals surface area (Å²) in [7, 11) is 1.82. The van der Waals surface area contributed by atoms with Crippen molar-refractivity contribution < 1.29 is 13.7 Å². The van der Waals surface area contributed by atoms with Crippen LogP contribution in [0.15, 0.2) is 28.8 Å². The highest BCUT2D eigenvalue weighted by Crippen LogP contribution is 2.46. The number of rotatable bonds is 5. The van der Waals surface area contributed by atoms with Gasteiger partial charge in [-0.2, -0.15) is 0 Å². The van der Waals surface area contributed by atoms with Crippen LogP contribution in [0.3, 0.4) is 0 Å². The molecule has 158 valence electrons. The number of benzene rings is 1. The van der Waals surface area contributed by atoms with E-state index in [4.69, 9.17) is 4.52 Å². The molecule has 1 saturated carbocycles. The summed E-state index contributed by atoms with van der Waals surface area (Å²) in [5.74, 6) is 2.46. The summed E-state index contributed by atoms with van der Waals surface area (Å²) < 4.78 is 18.6. The van der Waals surface area contributed by atoms with Crippen molar-refractivity contribution in [3.05, 3.63) is 47.4 Å². The zero-order valence-electron chi connectivity index (χ0n) is 17.3. The molecule has 1 amide bonds. The van der Waals surface area contributed by atoms with Gasteiger partial charge in [0.2, 0.25) is 5.91 Å². The van der Waals surface area contributed by atoms with Crippen LogP contribution in [0.1, 0.15) is 30.1 Å². The van der Waals surface area contributed by atoms with E-state index < -0.39 is 0 Å². The van der Waals surface area contributed by atoms with Gasteiger partial charge in [-0.1, -0.05) is 5.16 Å². The number of fused-ring (bicyclic) bond motifs is 2. The average Bonchev–Trinajstić information content (AvgIpc) is 3.28. The number of imidazole rings is 1. The van der Waals surface area contributed by atoms with E-state index in [1.54, 1.807) is 11.0 Å². The van der Waals surface area contributed by atoms with Gasteiger partial charge < -0.3 is 14.4 Å². The van der Waals surface area contributed by atoms with Gasteiger partial charge in [-0.15, -0.1) is 0 Å². The van der Waals surface area contributed by atoms with Crippen LogP contribution in [-0.2, 0) is 17.9 Å². The second-order valence-electron chi connectivity index (χ2n) is 8.76. The molecular formula is C22H26FN5O2. The summed E-state index contributed by atoms with van der Waals surface area (Å²) in [5, 5.41) is 4.10. The highest BCUT2D eigenvalue weighted by molar-refractivity contribution is 5.80. The highest BCUT2D eigenvalue weighted by atomic mass is 19.1. The number of carbonyl (C=O) groups excluding carboxylic acids is 1. The van der Waals surface area contributed by atoms with E-state index in [9.17, 15) is 9.18 Å². The normalized spacial score (nSPS) is 23.9. The maximum Gasteiger partial charge on any atom is 0.226 e. The van der Waals surface area contributed by atoms with E-state index in [1.165, 1.54) is 12.1 Å². The van der Waals surface area contributed by atoms with Crippen molar-refractivity contribution >= 4 is 16.9 Å². The Bertz CT molecular complexity index is 1080. The molecule has 2 aliphatic rings. The van der Waals surface area contributed by atoms with Gasteiger partial charge in [0.1, 0.15) is 17.4 Å². The number of nitrogens with zero attached hydrogens (tertiary/aromatic N) is 4. The predicted octanol–water partition coefficient (Wildman–Crippen LogP) is 3.12. The van der Waals surface area contributed by atoms with Gasteiger partial charge in [0.15, 0.2) is 0 Å². The van der Waals surface area contributed by atoms with E-state index in [0.717, 1.165) is 43.9 Å². The SMILES string of the molecule is Cc1cc(CN2CC[C@@H]3C[C@@H](C(=O)N(C)Cc4nc5ccc(F)cc5[nH]4)[C@@H]3C2)no1. The Morgan fingerprint density at radius 1 is 1.40 bits per heavy atom. The van der Waals surface area contributed by atoms with E-state index in [1.807, 2.05) is 20.0 Å². The minimum Gasteiger partial charge on any atom is -0.361 e. The Kier molecular flexibility index (Phi) is 4.81. The van der Waals surface area contributed by atoms with Crippen molar-refractivity contribution in [2.75, 3.05) is 20.1 Å². The Morgan fingerprint density at radius 3 is 3.07 bits per heavy atom. The van der Waals surface area contributed by atoms with E-state index in [2.05, 4.69) is 20.0 Å². The van der Waals surface area contributed by atoms with Crippen LogP contribution in [-0.4, -0.2) is 51.0 Å². The Hall–Kier alpha value is -2.74. The summed E-state index contributed by atoms with van der Waals surface area (Å²) in [6.07, 6.45) is 2.10. The number of piperidine rings is 1. The molecule has 30 heavy (non-hydrogen) atoms. The molecule has 3 aromatic rings. The molecular weight excluding hydrogens is 385 g/mol. The van der Waals surface area contributed by atoms with Crippen molar-refractivity contribution in [3.63, 3.8) is 0 Å². The smallest absolute Gasteiger partial charge is 0.226 e. The van der Waals surface area contributed by atoms with Crippen LogP contribution in [0.5, 0.6) is 0 Å². The monoisotopic (exact) mass is 411 g/mol. The lowest BCUT2D eigenvalue weighted by Crippen LogP contribution is -2.54. The lowest BCUT2D eigenvalue weighted by Gasteiger charge is -2.51. The molecule has 2 fully saturated rings. The zero-order valence-corrected chi connectivity index (χ0v) is 17.3. The van der Waals surface area contributed by atoms with Crippen molar-refractivity contribution in [3.8, 4) is 0 Å². The Balaban J connectivity index is 1.21. The number of aromatic amines is 1. The number of hydrogen-bond donors (Lipinski definition) is 1. The third kappa shape index (κ3) is 3.60. The van der Waals surface area contributed by atoms with Crippen molar-refractivity contribution in [2.45, 2.75) is 32.9 Å². The maximum atomic E-state index is 13.4. The number of halogens is 1. The quantitative estimate of drug-likeness (QED) is 0.698. The molecule has 1 N–H and O–H groups in total. The lowest BCUT2D eigenvalue weighted by atomic mass is 9.61. The van der Waals surface area contributed by atoms with Crippen molar-refractivity contribution in [1.82, 2.24) is 24.9 Å². The van der Waals surface area contributed by atoms with Crippen LogP contribution < -0.4 is 0 Å². The number of hydrogen-bond acceptors (Lipinski definition) is 5. The maximum absolute atomic E-state index is 13.4. The second kappa shape index (κ2) is 7.50. The molecule has 0 bridgehead atoms. The summed E-state index contributed by atoms with van der Waals surface area (Å²) in [6.45, 7) is 5.03. The summed E-state index contributed by atoms with van der Waals surface area (Å²) >= 11 is 0. The standard InChI is InChI=1S/C22H26FN5O2/c1-13-7-16(26-30-13)10-28-6-5-14-8-17(18(14)11-28)22(29)27(2)12-21-24-19-4-3-15(23)9-20(19)25-21/h3-4,7,9,14,17-18H,5-6,8,10-12H2,1-2H3,(H,24,25)/t14-,17-,18-/m1/s1. The van der Waals surface area contributed by atoms with Gasteiger partial charge in [-0.3, -0.25) is 9.69 Å². The number of nitrogens with one attached hydrogen (secondary N) is 1. The molecule has 3 heterocycles. The van der Waals surface area contributed by atoms with E-state index in [-0.39, 0.29) is 17.6 Å². The molecule has 0 radical (unpaired) electrons. The van der Waals surface area contributed by atoms with Crippen LogP contribution in [0.25, 0.3) is 11.0 Å². The molecule has 0 spiro atoms. The minimum absolute atomic E-state index is 0.0590. The van der Waals surface area contributed by atoms with Crippen LogP contribution in [0.2, 0.25) is 0 Å². The topological polar surface area (TPSA) is 78.3 Å². The highest BCUT2D eigenvalue weighted by Gasteiger charge is 2.48. The first-order valence-corrected chi connectivity index (χ1v) is 10.5. The fraction of sp³-hybridized carbons (Fsp3) is 0.500. The molecule has 8 heteroatoms. The van der Waals surface area contributed by atoms with Crippen LogP contribution in [0.4, 0.5) is 4.39 Å². The lowest BCUT2D eigenvalue weighted by molar-refractivity contribution is -0.147. The van der Waals surface area contributed by atoms with E-state index in [0.29, 0.717) is 35.2 Å². The summed E-state index contributed by atoms with van der Waals surface area (Å²) in [4.78, 5) is 24.8. The first-order chi connectivity index (χ1) is 14.5. The molecule has 0 unspecified atom stereocenters. The molecule has 2 aromatic heterocycles. The number of H-pyrrole nitrogens is 1. The third-order valence-corrected chi connectivity index (χ3v) is 6.60. The molecule has 1 aliphatic heterocycles. The second-order valence-corrected chi connectivity index (χ2v) is 8.76. The van der Waals surface area contributed by atoms with Crippen LogP contribution in [0, 0.1) is 30.5 Å². The number of aromatic nitrogens is 3. The van der Waals surface area contributed by atoms with E-state index >= 15 is 0 Å². The molecule has 7 nitrogen and oxygen atoms in total. The number of carbonyl (C=O) groups is 1. The third-order valence-electron chi connectivity index (χ3n) is 6.60. The van der Waals surface area contributed by atoms with Gasteiger partial charge >= 0.3 is 0 Å². The summed E-state index contributed by atoms with van der Waals surface area (Å²) in [5.41, 5.74) is 2.31.